The number of benzene rings is 1. The zero-order valence-corrected chi connectivity index (χ0v) is 19.7. The van der Waals surface area contributed by atoms with E-state index in [1.807, 2.05) is 30.0 Å². The fourth-order valence-electron chi connectivity index (χ4n) is 3.11. The summed E-state index contributed by atoms with van der Waals surface area (Å²) in [5, 5.41) is 6.06. The predicted molar refractivity (Wildman–Crippen MR) is 123 cm³/mol. The number of hydrogen-bond donors (Lipinski definition) is 2. The number of halogens is 4. The van der Waals surface area contributed by atoms with Crippen LogP contribution in [-0.4, -0.2) is 79.7 Å². The minimum atomic E-state index is -4.20. The van der Waals surface area contributed by atoms with Gasteiger partial charge in [0.25, 0.3) is 5.91 Å². The van der Waals surface area contributed by atoms with E-state index in [4.69, 9.17) is 0 Å². The van der Waals surface area contributed by atoms with Crippen molar-refractivity contribution in [2.24, 2.45) is 4.99 Å². The first-order chi connectivity index (χ1) is 13.8. The van der Waals surface area contributed by atoms with Crippen LogP contribution in [0.4, 0.5) is 13.2 Å². The highest BCUT2D eigenvalue weighted by atomic mass is 127. The molecule has 0 radical (unpaired) electrons. The number of amides is 1. The zero-order chi connectivity index (χ0) is 21.3. The third-order valence-electron chi connectivity index (χ3n) is 4.89. The SMILES string of the molecule is CCNC(=NCCCNC(=O)c1ccccc1)N1CCN(C(C)C(F)(F)F)CC1.I. The normalized spacial score (nSPS) is 16.6. The molecule has 1 aliphatic heterocycles. The van der Waals surface area contributed by atoms with Gasteiger partial charge in [-0.3, -0.25) is 14.7 Å². The first-order valence-electron chi connectivity index (χ1n) is 10.00. The van der Waals surface area contributed by atoms with E-state index in [1.165, 1.54) is 11.8 Å². The molecule has 1 heterocycles. The summed E-state index contributed by atoms with van der Waals surface area (Å²) in [4.78, 5) is 20.0. The van der Waals surface area contributed by atoms with Gasteiger partial charge in [0, 0.05) is 51.4 Å². The van der Waals surface area contributed by atoms with Gasteiger partial charge in [0.1, 0.15) is 6.04 Å². The number of piperazine rings is 1. The molecule has 1 atom stereocenters. The maximum Gasteiger partial charge on any atom is 0.403 e. The Hall–Kier alpha value is -1.56. The van der Waals surface area contributed by atoms with Crippen molar-refractivity contribution >= 4 is 35.8 Å². The molecule has 0 saturated carbocycles. The summed E-state index contributed by atoms with van der Waals surface area (Å²) in [5.74, 6) is 0.595. The lowest BCUT2D eigenvalue weighted by atomic mass is 10.2. The molecule has 1 saturated heterocycles. The predicted octanol–water partition coefficient (Wildman–Crippen LogP) is 2.96. The topological polar surface area (TPSA) is 60.0 Å². The molecule has 0 spiro atoms. The van der Waals surface area contributed by atoms with Crippen LogP contribution in [-0.2, 0) is 0 Å². The van der Waals surface area contributed by atoms with Crippen LogP contribution in [0.15, 0.2) is 35.3 Å². The average molecular weight is 541 g/mol. The van der Waals surface area contributed by atoms with Crippen LogP contribution in [0.2, 0.25) is 0 Å². The van der Waals surface area contributed by atoms with Gasteiger partial charge >= 0.3 is 6.18 Å². The second kappa shape index (κ2) is 13.0. The van der Waals surface area contributed by atoms with Crippen LogP contribution < -0.4 is 10.6 Å². The van der Waals surface area contributed by atoms with Crippen molar-refractivity contribution in [3.05, 3.63) is 35.9 Å². The molecule has 1 fully saturated rings. The Kier molecular flexibility index (Phi) is 11.5. The van der Waals surface area contributed by atoms with Gasteiger partial charge in [-0.2, -0.15) is 13.2 Å². The third kappa shape index (κ3) is 8.29. The molecule has 30 heavy (non-hydrogen) atoms. The summed E-state index contributed by atoms with van der Waals surface area (Å²) in [6.07, 6.45) is -3.52. The first kappa shape index (κ1) is 26.5. The van der Waals surface area contributed by atoms with E-state index < -0.39 is 12.2 Å². The lowest BCUT2D eigenvalue weighted by Gasteiger charge is -2.39. The number of aliphatic imine (C=N–C) groups is 1. The van der Waals surface area contributed by atoms with E-state index in [1.54, 1.807) is 12.1 Å². The number of alkyl halides is 3. The second-order valence-corrected chi connectivity index (χ2v) is 6.95. The molecule has 0 bridgehead atoms. The van der Waals surface area contributed by atoms with Crippen molar-refractivity contribution in [2.75, 3.05) is 45.8 Å². The lowest BCUT2D eigenvalue weighted by molar-refractivity contribution is -0.181. The van der Waals surface area contributed by atoms with Crippen LogP contribution in [0, 0.1) is 0 Å². The Labute approximate surface area is 193 Å². The fourth-order valence-corrected chi connectivity index (χ4v) is 3.11. The molecule has 10 heteroatoms. The highest BCUT2D eigenvalue weighted by Crippen LogP contribution is 2.25. The molecule has 1 amide bonds. The van der Waals surface area contributed by atoms with Crippen LogP contribution in [0.1, 0.15) is 30.6 Å². The second-order valence-electron chi connectivity index (χ2n) is 6.95. The van der Waals surface area contributed by atoms with E-state index in [2.05, 4.69) is 15.6 Å². The van der Waals surface area contributed by atoms with Crippen molar-refractivity contribution < 1.29 is 18.0 Å². The fraction of sp³-hybridized carbons (Fsp3) is 0.600. The molecule has 2 N–H and O–H groups in total. The summed E-state index contributed by atoms with van der Waals surface area (Å²) < 4.78 is 38.7. The molecule has 6 nitrogen and oxygen atoms in total. The lowest BCUT2D eigenvalue weighted by Crippen LogP contribution is -2.56. The minimum absolute atomic E-state index is 0. The molecule has 1 aromatic rings. The number of nitrogens with one attached hydrogen (secondary N) is 2. The molecule has 170 valence electrons. The number of nitrogens with zero attached hydrogens (tertiary/aromatic N) is 3. The van der Waals surface area contributed by atoms with Gasteiger partial charge in [-0.05, 0) is 32.4 Å². The van der Waals surface area contributed by atoms with Gasteiger partial charge in [0.05, 0.1) is 0 Å². The van der Waals surface area contributed by atoms with E-state index >= 15 is 0 Å². The van der Waals surface area contributed by atoms with Gasteiger partial charge < -0.3 is 15.5 Å². The summed E-state index contributed by atoms with van der Waals surface area (Å²) in [5.41, 5.74) is 0.621. The summed E-state index contributed by atoms with van der Waals surface area (Å²) in [6, 6.07) is 7.58. The van der Waals surface area contributed by atoms with Gasteiger partial charge in [-0.25, -0.2) is 0 Å². The van der Waals surface area contributed by atoms with Crippen LogP contribution >= 0.6 is 24.0 Å². The number of carbonyl (C=O) groups excluding carboxylic acids is 1. The molecule has 1 unspecified atom stereocenters. The van der Waals surface area contributed by atoms with E-state index in [0.717, 1.165) is 0 Å². The maximum atomic E-state index is 12.9. The number of rotatable bonds is 7. The van der Waals surface area contributed by atoms with E-state index in [9.17, 15) is 18.0 Å². The standard InChI is InChI=1S/C20H30F3N5O.HI/c1-3-24-19(28-14-12-27(13-15-28)16(2)20(21,22)23)26-11-7-10-25-18(29)17-8-5-4-6-9-17;/h4-6,8-9,16H,3,7,10-15H2,1-2H3,(H,24,26)(H,25,29);1H. The van der Waals surface area contributed by atoms with Gasteiger partial charge in [0.15, 0.2) is 5.96 Å². The van der Waals surface area contributed by atoms with Crippen molar-refractivity contribution in [1.82, 2.24) is 20.4 Å². The minimum Gasteiger partial charge on any atom is -0.357 e. The van der Waals surface area contributed by atoms with Crippen molar-refractivity contribution in [3.63, 3.8) is 0 Å². The quantitative estimate of drug-likeness (QED) is 0.241. The first-order valence-corrected chi connectivity index (χ1v) is 10.00. The van der Waals surface area contributed by atoms with Crippen molar-refractivity contribution in [1.29, 1.82) is 0 Å². The molecule has 0 aromatic heterocycles. The molecule has 2 rings (SSSR count). The molecular weight excluding hydrogens is 510 g/mol. The Morgan fingerprint density at radius 1 is 1.13 bits per heavy atom. The number of guanidine groups is 1. The van der Waals surface area contributed by atoms with Crippen LogP contribution in [0.25, 0.3) is 0 Å². The summed E-state index contributed by atoms with van der Waals surface area (Å²) >= 11 is 0. The number of carbonyl (C=O) groups is 1. The molecule has 1 aromatic carbocycles. The average Bonchev–Trinajstić information content (AvgIpc) is 2.72. The summed E-state index contributed by atoms with van der Waals surface area (Å²) in [6.45, 7) is 6.56. The van der Waals surface area contributed by atoms with Gasteiger partial charge in [0.2, 0.25) is 0 Å². The van der Waals surface area contributed by atoms with Crippen LogP contribution in [0.5, 0.6) is 0 Å². The monoisotopic (exact) mass is 541 g/mol. The molecule has 0 aliphatic carbocycles. The Bertz CT molecular complexity index is 664. The molecular formula is C20H31F3IN5O. The Morgan fingerprint density at radius 3 is 2.33 bits per heavy atom. The summed E-state index contributed by atoms with van der Waals surface area (Å²) in [7, 11) is 0. The Balaban J connectivity index is 0.00000450. The molecule has 1 aliphatic rings. The highest BCUT2D eigenvalue weighted by molar-refractivity contribution is 14.0. The largest absolute Gasteiger partial charge is 0.403 e. The van der Waals surface area contributed by atoms with E-state index in [-0.39, 0.29) is 29.9 Å². The smallest absolute Gasteiger partial charge is 0.357 e. The third-order valence-corrected chi connectivity index (χ3v) is 4.89. The van der Waals surface area contributed by atoms with Gasteiger partial charge in [-0.15, -0.1) is 24.0 Å². The van der Waals surface area contributed by atoms with Crippen LogP contribution in [0.3, 0.4) is 0 Å². The van der Waals surface area contributed by atoms with Crippen molar-refractivity contribution in [3.8, 4) is 0 Å². The Morgan fingerprint density at radius 2 is 1.77 bits per heavy atom. The van der Waals surface area contributed by atoms with Gasteiger partial charge in [-0.1, -0.05) is 18.2 Å². The highest BCUT2D eigenvalue weighted by Gasteiger charge is 2.41. The van der Waals surface area contributed by atoms with Crippen molar-refractivity contribution in [2.45, 2.75) is 32.5 Å². The number of hydrogen-bond acceptors (Lipinski definition) is 3. The zero-order valence-electron chi connectivity index (χ0n) is 17.4. The maximum absolute atomic E-state index is 12.9. The van der Waals surface area contributed by atoms with E-state index in [0.29, 0.717) is 63.8 Å².